The molecule has 0 spiro atoms. The van der Waals surface area contributed by atoms with E-state index in [1.165, 1.54) is 11.1 Å². The lowest BCUT2D eigenvalue weighted by Crippen LogP contribution is -2.46. The van der Waals surface area contributed by atoms with Crippen LogP contribution >= 0.6 is 0 Å². The second-order valence-corrected chi connectivity index (χ2v) is 8.68. The van der Waals surface area contributed by atoms with Gasteiger partial charge in [-0.2, -0.15) is 0 Å². The summed E-state index contributed by atoms with van der Waals surface area (Å²) in [6.45, 7) is 3.98. The van der Waals surface area contributed by atoms with Gasteiger partial charge in [-0.3, -0.25) is 4.79 Å². The monoisotopic (exact) mass is 396 g/mol. The van der Waals surface area contributed by atoms with E-state index >= 15 is 0 Å². The Balaban J connectivity index is 1.50. The maximum Gasteiger partial charge on any atom is 0.346 e. The number of ether oxygens (including phenoxy) is 2. The number of fused-ring (bicyclic) bond motifs is 2. The lowest BCUT2D eigenvalue weighted by molar-refractivity contribution is -0.154. The molecule has 7 aliphatic rings. The van der Waals surface area contributed by atoms with E-state index in [0.29, 0.717) is 16.9 Å². The molecule has 0 radical (unpaired) electrons. The highest BCUT2D eigenvalue weighted by atomic mass is 16.6. The number of allylic oxidation sites excluding steroid dienone is 9. The summed E-state index contributed by atoms with van der Waals surface area (Å²) in [5.41, 5.74) is 6.40. The molecule has 5 atom stereocenters. The summed E-state index contributed by atoms with van der Waals surface area (Å²) in [6, 6.07) is 0. The Labute approximate surface area is 172 Å². The van der Waals surface area contributed by atoms with Gasteiger partial charge in [-0.05, 0) is 40.7 Å². The van der Waals surface area contributed by atoms with E-state index in [0.717, 1.165) is 23.1 Å². The summed E-state index contributed by atoms with van der Waals surface area (Å²) >= 11 is 0. The van der Waals surface area contributed by atoms with Crippen LogP contribution in [0, 0.1) is 29.6 Å². The number of hydrogen-bond donors (Lipinski definition) is 0. The number of cyclic esters (lactones) is 3. The van der Waals surface area contributed by atoms with Crippen LogP contribution in [0.15, 0.2) is 93.9 Å². The van der Waals surface area contributed by atoms with Gasteiger partial charge in [0.05, 0.1) is 17.1 Å². The van der Waals surface area contributed by atoms with E-state index in [1.807, 2.05) is 12.2 Å². The number of hydrogen-bond acceptors (Lipinski definition) is 5. The molecule has 1 saturated heterocycles. The quantitative estimate of drug-likeness (QED) is 0.357. The molecular formula is C25H16O5. The second kappa shape index (κ2) is 5.17. The molecule has 1 fully saturated rings. The molecule has 0 aromatic rings. The number of carbonyl (C=O) groups excluding carboxylic acids is 3. The van der Waals surface area contributed by atoms with Crippen molar-refractivity contribution in [3.8, 4) is 0 Å². The van der Waals surface area contributed by atoms with E-state index in [4.69, 9.17) is 9.47 Å². The van der Waals surface area contributed by atoms with Gasteiger partial charge in [0.2, 0.25) is 0 Å². The molecule has 2 aliphatic heterocycles. The fraction of sp³-hybridized carbons (Fsp3) is 0.240. The Morgan fingerprint density at radius 1 is 0.900 bits per heavy atom. The molecule has 0 aromatic carbocycles. The lowest BCUT2D eigenvalue weighted by Gasteiger charge is -2.51. The predicted molar refractivity (Wildman–Crippen MR) is 105 cm³/mol. The summed E-state index contributed by atoms with van der Waals surface area (Å²) < 4.78 is 10.4. The molecule has 0 bridgehead atoms. The Morgan fingerprint density at radius 3 is 2.60 bits per heavy atom. The van der Waals surface area contributed by atoms with Gasteiger partial charge in [0, 0.05) is 17.8 Å². The molecule has 0 amide bonds. The Bertz CT molecular complexity index is 1260. The SMILES string of the molecule is C=C1OC(=O)C2C=CC3C4=C(CC=C1C42)C1=CC=C2C(=O)OC(=O)C4=C2C1C3C=C4. The zero-order valence-corrected chi connectivity index (χ0v) is 15.9. The van der Waals surface area contributed by atoms with Crippen LogP contribution in [-0.4, -0.2) is 17.9 Å². The van der Waals surface area contributed by atoms with Gasteiger partial charge in [0.1, 0.15) is 5.76 Å². The highest BCUT2D eigenvalue weighted by Crippen LogP contribution is 2.60. The van der Waals surface area contributed by atoms with Gasteiger partial charge < -0.3 is 9.47 Å². The maximum atomic E-state index is 12.6. The molecule has 0 saturated carbocycles. The Morgan fingerprint density at radius 2 is 1.73 bits per heavy atom. The van der Waals surface area contributed by atoms with E-state index in [-0.39, 0.29) is 35.6 Å². The first-order chi connectivity index (χ1) is 14.5. The Kier molecular flexibility index (Phi) is 2.81. The second-order valence-electron chi connectivity index (χ2n) is 8.68. The third-order valence-corrected chi connectivity index (χ3v) is 7.52. The van der Waals surface area contributed by atoms with Crippen LogP contribution in [-0.2, 0) is 23.9 Å². The maximum absolute atomic E-state index is 12.6. The van der Waals surface area contributed by atoms with Crippen molar-refractivity contribution in [1.29, 1.82) is 0 Å². The topological polar surface area (TPSA) is 69.7 Å². The van der Waals surface area contributed by atoms with Crippen LogP contribution < -0.4 is 0 Å². The summed E-state index contributed by atoms with van der Waals surface area (Å²) in [5, 5.41) is 0. The van der Waals surface area contributed by atoms with E-state index in [1.54, 1.807) is 12.2 Å². The minimum atomic E-state index is -0.570. The van der Waals surface area contributed by atoms with Gasteiger partial charge in [0.15, 0.2) is 0 Å². The number of carbonyl (C=O) groups is 3. The Hall–Kier alpha value is -3.47. The highest BCUT2D eigenvalue weighted by Gasteiger charge is 2.54. The fourth-order valence-corrected chi connectivity index (χ4v) is 6.41. The molecule has 0 N–H and O–H groups in total. The summed E-state index contributed by atoms with van der Waals surface area (Å²) in [6.07, 6.45) is 14.6. The first-order valence-corrected chi connectivity index (χ1v) is 10.2. The van der Waals surface area contributed by atoms with Gasteiger partial charge in [-0.25, -0.2) is 9.59 Å². The van der Waals surface area contributed by atoms with E-state index in [2.05, 4.69) is 24.8 Å². The first kappa shape index (κ1) is 16.3. The van der Waals surface area contributed by atoms with Crippen molar-refractivity contribution in [1.82, 2.24) is 0 Å². The van der Waals surface area contributed by atoms with Crippen LogP contribution in [0.5, 0.6) is 0 Å². The molecule has 30 heavy (non-hydrogen) atoms. The smallest absolute Gasteiger partial charge is 0.346 e. The van der Waals surface area contributed by atoms with Crippen LogP contribution in [0.25, 0.3) is 0 Å². The number of rotatable bonds is 0. The third-order valence-electron chi connectivity index (χ3n) is 7.52. The first-order valence-electron chi connectivity index (χ1n) is 10.2. The van der Waals surface area contributed by atoms with E-state index < -0.39 is 11.9 Å². The minimum absolute atomic E-state index is 0.0496. The van der Waals surface area contributed by atoms with Gasteiger partial charge in [-0.1, -0.05) is 48.6 Å². The molecule has 5 aliphatic carbocycles. The molecule has 5 unspecified atom stereocenters. The molecule has 0 aromatic heterocycles. The minimum Gasteiger partial charge on any atom is -0.426 e. The fourth-order valence-electron chi connectivity index (χ4n) is 6.41. The summed E-state index contributed by atoms with van der Waals surface area (Å²) in [4.78, 5) is 37.4. The van der Waals surface area contributed by atoms with E-state index in [9.17, 15) is 14.4 Å². The largest absolute Gasteiger partial charge is 0.426 e. The average molecular weight is 396 g/mol. The molecule has 7 rings (SSSR count). The van der Waals surface area contributed by atoms with Crippen molar-refractivity contribution in [3.63, 3.8) is 0 Å². The molecule has 2 heterocycles. The highest BCUT2D eigenvalue weighted by molar-refractivity contribution is 6.12. The summed E-state index contributed by atoms with van der Waals surface area (Å²) in [7, 11) is 0. The number of esters is 3. The molecular weight excluding hydrogens is 380 g/mol. The van der Waals surface area contributed by atoms with Crippen molar-refractivity contribution in [2.24, 2.45) is 29.6 Å². The average Bonchev–Trinajstić information content (AvgIpc) is 2.74. The molecule has 5 nitrogen and oxygen atoms in total. The van der Waals surface area contributed by atoms with Crippen LogP contribution in [0.1, 0.15) is 6.42 Å². The van der Waals surface area contributed by atoms with Crippen molar-refractivity contribution in [2.75, 3.05) is 0 Å². The van der Waals surface area contributed by atoms with Crippen molar-refractivity contribution < 1.29 is 23.9 Å². The standard InChI is InChI=1S/C25H16O5/c1-10-11-2-3-12-14-5-8-17-22-18(25(28)30-24(17)27)9-6-15(21(14)22)13-4-7-16(23(26)29-10)19(11)20(12)13/h2,4-9,13,15-16,19,21H,1,3H2. The predicted octanol–water partition coefficient (Wildman–Crippen LogP) is 3.16. The van der Waals surface area contributed by atoms with Crippen LogP contribution in [0.2, 0.25) is 0 Å². The molecule has 5 heteroatoms. The van der Waals surface area contributed by atoms with Gasteiger partial charge in [0.25, 0.3) is 0 Å². The van der Waals surface area contributed by atoms with Crippen molar-refractivity contribution in [3.05, 3.63) is 93.9 Å². The van der Waals surface area contributed by atoms with Gasteiger partial charge >= 0.3 is 17.9 Å². The normalized spacial score (nSPS) is 37.1. The molecule has 146 valence electrons. The zero-order chi connectivity index (χ0) is 20.3. The summed E-state index contributed by atoms with van der Waals surface area (Å²) in [5.74, 6) is -1.19. The van der Waals surface area contributed by atoms with Crippen LogP contribution in [0.4, 0.5) is 0 Å². The van der Waals surface area contributed by atoms with Gasteiger partial charge in [-0.15, -0.1) is 0 Å². The lowest BCUT2D eigenvalue weighted by atomic mass is 9.52. The van der Waals surface area contributed by atoms with Crippen LogP contribution in [0.3, 0.4) is 0 Å². The zero-order valence-electron chi connectivity index (χ0n) is 15.9. The third kappa shape index (κ3) is 1.73. The van der Waals surface area contributed by atoms with Crippen molar-refractivity contribution >= 4 is 17.9 Å². The van der Waals surface area contributed by atoms with Crippen molar-refractivity contribution in [2.45, 2.75) is 6.42 Å².